The Bertz CT molecular complexity index is 576. The van der Waals surface area contributed by atoms with Crippen molar-refractivity contribution in [3.8, 4) is 5.75 Å². The van der Waals surface area contributed by atoms with Crippen LogP contribution < -0.4 is 10.1 Å². The molecule has 1 N–H and O–H groups in total. The number of ether oxygens (including phenoxy) is 1. The highest BCUT2D eigenvalue weighted by molar-refractivity contribution is 5.35. The lowest BCUT2D eigenvalue weighted by Gasteiger charge is -2.21. The van der Waals surface area contributed by atoms with Crippen molar-refractivity contribution in [2.75, 3.05) is 7.11 Å². The maximum atomic E-state index is 5.21. The number of rotatable bonds is 4. The van der Waals surface area contributed by atoms with Gasteiger partial charge < -0.3 is 10.1 Å². The normalized spacial score (nSPS) is 18.6. The second kappa shape index (κ2) is 5.68. The summed E-state index contributed by atoms with van der Waals surface area (Å²) in [4.78, 5) is 0. The van der Waals surface area contributed by atoms with Gasteiger partial charge in [-0.3, -0.25) is 0 Å². The summed E-state index contributed by atoms with van der Waals surface area (Å²) in [5.74, 6) is 0.909. The van der Waals surface area contributed by atoms with E-state index in [-0.39, 0.29) is 0 Å². The fourth-order valence-electron chi connectivity index (χ4n) is 3.02. The van der Waals surface area contributed by atoms with Crippen LogP contribution in [-0.4, -0.2) is 7.11 Å². The highest BCUT2D eigenvalue weighted by Gasteiger charge is 2.23. The molecule has 0 saturated carbocycles. The van der Waals surface area contributed by atoms with Crippen molar-refractivity contribution in [2.24, 2.45) is 0 Å². The topological polar surface area (TPSA) is 21.3 Å². The maximum Gasteiger partial charge on any atom is 0.118 e. The predicted octanol–water partition coefficient (Wildman–Crippen LogP) is 4.03. The van der Waals surface area contributed by atoms with Crippen LogP contribution in [0.15, 0.2) is 48.5 Å². The van der Waals surface area contributed by atoms with Gasteiger partial charge in [-0.15, -0.1) is 0 Å². The van der Waals surface area contributed by atoms with Crippen LogP contribution in [0.3, 0.4) is 0 Å². The Balaban J connectivity index is 1.71. The Labute approximate surface area is 120 Å². The largest absolute Gasteiger partial charge is 0.497 e. The van der Waals surface area contributed by atoms with Crippen LogP contribution in [0.5, 0.6) is 5.75 Å². The van der Waals surface area contributed by atoms with Gasteiger partial charge in [0.1, 0.15) is 5.75 Å². The number of methoxy groups -OCH3 is 1. The Morgan fingerprint density at radius 3 is 2.60 bits per heavy atom. The summed E-state index contributed by atoms with van der Waals surface area (Å²) in [6.45, 7) is 2.22. The third-order valence-corrected chi connectivity index (χ3v) is 4.20. The molecule has 0 bridgehead atoms. The van der Waals surface area contributed by atoms with Crippen LogP contribution in [0.2, 0.25) is 0 Å². The van der Waals surface area contributed by atoms with Crippen molar-refractivity contribution in [1.82, 2.24) is 5.32 Å². The Morgan fingerprint density at radius 1 is 1.10 bits per heavy atom. The van der Waals surface area contributed by atoms with Gasteiger partial charge >= 0.3 is 0 Å². The van der Waals surface area contributed by atoms with E-state index in [9.17, 15) is 0 Å². The molecule has 2 heteroatoms. The highest BCUT2D eigenvalue weighted by Crippen LogP contribution is 2.32. The van der Waals surface area contributed by atoms with Gasteiger partial charge in [-0.25, -0.2) is 0 Å². The van der Waals surface area contributed by atoms with Crippen molar-refractivity contribution in [2.45, 2.75) is 31.8 Å². The molecule has 2 aromatic carbocycles. The Kier molecular flexibility index (Phi) is 3.75. The summed E-state index contributed by atoms with van der Waals surface area (Å²) >= 11 is 0. The molecule has 0 heterocycles. The van der Waals surface area contributed by atoms with Gasteiger partial charge in [-0.1, -0.05) is 36.4 Å². The van der Waals surface area contributed by atoms with Crippen LogP contribution in [0.1, 0.15) is 42.1 Å². The number of fused-ring (bicyclic) bond motifs is 1. The van der Waals surface area contributed by atoms with Gasteiger partial charge in [-0.2, -0.15) is 0 Å². The molecule has 0 amide bonds. The van der Waals surface area contributed by atoms with E-state index in [0.717, 1.165) is 5.75 Å². The summed E-state index contributed by atoms with van der Waals surface area (Å²) in [6.07, 6.45) is 2.38. The van der Waals surface area contributed by atoms with Crippen LogP contribution in [0.25, 0.3) is 0 Å². The third kappa shape index (κ3) is 2.56. The van der Waals surface area contributed by atoms with E-state index >= 15 is 0 Å². The molecule has 1 aliphatic carbocycles. The quantitative estimate of drug-likeness (QED) is 0.903. The van der Waals surface area contributed by atoms with E-state index in [2.05, 4.69) is 48.6 Å². The first-order valence-corrected chi connectivity index (χ1v) is 7.25. The number of hydrogen-bond acceptors (Lipinski definition) is 2. The first-order chi connectivity index (χ1) is 9.78. The lowest BCUT2D eigenvalue weighted by molar-refractivity contribution is 0.414. The summed E-state index contributed by atoms with van der Waals surface area (Å²) in [6, 6.07) is 17.9. The van der Waals surface area contributed by atoms with Gasteiger partial charge in [0, 0.05) is 12.1 Å². The fourth-order valence-corrected chi connectivity index (χ4v) is 3.02. The summed E-state index contributed by atoms with van der Waals surface area (Å²) in [7, 11) is 1.70. The van der Waals surface area contributed by atoms with Crippen LogP contribution in [-0.2, 0) is 6.42 Å². The molecular weight excluding hydrogens is 246 g/mol. The molecule has 0 spiro atoms. The van der Waals surface area contributed by atoms with Crippen LogP contribution in [0, 0.1) is 0 Å². The van der Waals surface area contributed by atoms with Crippen molar-refractivity contribution in [3.05, 3.63) is 65.2 Å². The second-order valence-corrected chi connectivity index (χ2v) is 5.45. The number of nitrogens with one attached hydrogen (secondary N) is 1. The minimum absolute atomic E-state index is 0.345. The van der Waals surface area contributed by atoms with Gasteiger partial charge in [-0.05, 0) is 48.6 Å². The summed E-state index contributed by atoms with van der Waals surface area (Å²) in [5.41, 5.74) is 4.26. The number of benzene rings is 2. The number of hydrogen-bond donors (Lipinski definition) is 1. The maximum absolute atomic E-state index is 5.21. The SMILES string of the molecule is COc1ccc([C@@H](C)NC2CCc3ccccc32)cc1. The smallest absolute Gasteiger partial charge is 0.118 e. The van der Waals surface area contributed by atoms with E-state index in [1.807, 2.05) is 12.1 Å². The third-order valence-electron chi connectivity index (χ3n) is 4.20. The van der Waals surface area contributed by atoms with Crippen LogP contribution >= 0.6 is 0 Å². The molecule has 2 aromatic rings. The predicted molar refractivity (Wildman–Crippen MR) is 82.0 cm³/mol. The Morgan fingerprint density at radius 2 is 1.85 bits per heavy atom. The molecular formula is C18H21NO. The Hall–Kier alpha value is -1.80. The average Bonchev–Trinajstić information content (AvgIpc) is 2.91. The van der Waals surface area contributed by atoms with E-state index in [1.165, 1.54) is 29.5 Å². The van der Waals surface area contributed by atoms with Crippen molar-refractivity contribution in [3.63, 3.8) is 0 Å². The summed E-state index contributed by atoms with van der Waals surface area (Å²) < 4.78 is 5.21. The molecule has 0 aromatic heterocycles. The van der Waals surface area contributed by atoms with Crippen molar-refractivity contribution < 1.29 is 4.74 Å². The zero-order valence-electron chi connectivity index (χ0n) is 12.1. The molecule has 0 aliphatic heterocycles. The minimum Gasteiger partial charge on any atom is -0.497 e. The molecule has 0 fully saturated rings. The second-order valence-electron chi connectivity index (χ2n) is 5.45. The van der Waals surface area contributed by atoms with Gasteiger partial charge in [0.15, 0.2) is 0 Å². The first kappa shape index (κ1) is 13.2. The lowest BCUT2D eigenvalue weighted by atomic mass is 10.0. The molecule has 1 aliphatic rings. The molecule has 1 unspecified atom stereocenters. The fraction of sp³-hybridized carbons (Fsp3) is 0.333. The van der Waals surface area contributed by atoms with Crippen LogP contribution in [0.4, 0.5) is 0 Å². The molecule has 2 nitrogen and oxygen atoms in total. The molecule has 2 atom stereocenters. The molecule has 0 saturated heterocycles. The lowest BCUT2D eigenvalue weighted by Crippen LogP contribution is -2.22. The van der Waals surface area contributed by atoms with Gasteiger partial charge in [0.05, 0.1) is 7.11 Å². The number of aryl methyl sites for hydroxylation is 1. The van der Waals surface area contributed by atoms with Crippen molar-refractivity contribution in [1.29, 1.82) is 0 Å². The van der Waals surface area contributed by atoms with Gasteiger partial charge in [0.25, 0.3) is 0 Å². The average molecular weight is 267 g/mol. The van der Waals surface area contributed by atoms with E-state index < -0.39 is 0 Å². The molecule has 3 rings (SSSR count). The standard InChI is InChI=1S/C18H21NO/c1-13(14-7-10-16(20-2)11-8-14)19-18-12-9-15-5-3-4-6-17(15)18/h3-8,10-11,13,18-19H,9,12H2,1-2H3/t13-,18?/m1/s1. The first-order valence-electron chi connectivity index (χ1n) is 7.25. The van der Waals surface area contributed by atoms with Crippen molar-refractivity contribution >= 4 is 0 Å². The molecule has 104 valence electrons. The molecule has 20 heavy (non-hydrogen) atoms. The summed E-state index contributed by atoms with van der Waals surface area (Å²) in [5, 5.41) is 3.75. The van der Waals surface area contributed by atoms with E-state index in [1.54, 1.807) is 7.11 Å². The monoisotopic (exact) mass is 267 g/mol. The minimum atomic E-state index is 0.345. The zero-order chi connectivity index (χ0) is 13.9. The van der Waals surface area contributed by atoms with E-state index in [0.29, 0.717) is 12.1 Å². The highest BCUT2D eigenvalue weighted by atomic mass is 16.5. The van der Waals surface area contributed by atoms with E-state index in [4.69, 9.17) is 4.74 Å². The zero-order valence-corrected chi connectivity index (χ0v) is 12.1. The van der Waals surface area contributed by atoms with Gasteiger partial charge in [0.2, 0.25) is 0 Å². The molecule has 0 radical (unpaired) electrons.